The molecule has 0 bridgehead atoms. The van der Waals surface area contributed by atoms with E-state index in [1.54, 1.807) is 41.6 Å². The Morgan fingerprint density at radius 3 is 2.41 bits per heavy atom. The molecule has 1 N–H and O–H groups in total. The van der Waals surface area contributed by atoms with Gasteiger partial charge >= 0.3 is 0 Å². The fourth-order valence-electron chi connectivity index (χ4n) is 3.28. The molecular weight excluding hydrogens is 366 g/mol. The van der Waals surface area contributed by atoms with Gasteiger partial charge in [0.2, 0.25) is 11.8 Å². The van der Waals surface area contributed by atoms with Gasteiger partial charge in [0.1, 0.15) is 11.5 Å². The number of amides is 2. The summed E-state index contributed by atoms with van der Waals surface area (Å²) in [7, 11) is 0. The second-order valence-corrected chi connectivity index (χ2v) is 6.96. The van der Waals surface area contributed by atoms with Gasteiger partial charge in [-0.1, -0.05) is 18.2 Å². The van der Waals surface area contributed by atoms with Gasteiger partial charge in [-0.15, -0.1) is 0 Å². The summed E-state index contributed by atoms with van der Waals surface area (Å²) < 4.78 is 5.75. The van der Waals surface area contributed by atoms with E-state index in [2.05, 4.69) is 10.3 Å². The van der Waals surface area contributed by atoms with Crippen LogP contribution in [0.25, 0.3) is 0 Å². The molecule has 6 nitrogen and oxygen atoms in total. The number of aromatic nitrogens is 1. The lowest BCUT2D eigenvalue weighted by molar-refractivity contribution is -0.128. The van der Waals surface area contributed by atoms with Crippen molar-refractivity contribution in [2.24, 2.45) is 5.92 Å². The van der Waals surface area contributed by atoms with E-state index in [0.29, 0.717) is 24.5 Å². The van der Waals surface area contributed by atoms with Crippen LogP contribution in [0.3, 0.4) is 0 Å². The standard InChI is InChI=1S/C23H21N3O3/c27-22-14-18(16-26(22)15-17-10-12-24-13-11-17)23(28)25-19-6-8-21(9-7-19)29-20-4-2-1-3-5-20/h1-13,18H,14-16H2,(H,25,28). The molecule has 1 aromatic heterocycles. The second-order valence-electron chi connectivity index (χ2n) is 6.96. The van der Waals surface area contributed by atoms with Gasteiger partial charge in [0.15, 0.2) is 0 Å². The van der Waals surface area contributed by atoms with E-state index >= 15 is 0 Å². The number of carbonyl (C=O) groups excluding carboxylic acids is 2. The van der Waals surface area contributed by atoms with Gasteiger partial charge in [0.25, 0.3) is 0 Å². The molecule has 2 amide bonds. The second kappa shape index (κ2) is 8.56. The van der Waals surface area contributed by atoms with Crippen LogP contribution in [0.1, 0.15) is 12.0 Å². The summed E-state index contributed by atoms with van der Waals surface area (Å²) in [4.78, 5) is 30.6. The van der Waals surface area contributed by atoms with Crippen molar-refractivity contribution in [3.05, 3.63) is 84.7 Å². The predicted octanol–water partition coefficient (Wildman–Crippen LogP) is 3.86. The highest BCUT2D eigenvalue weighted by Gasteiger charge is 2.34. The van der Waals surface area contributed by atoms with E-state index in [1.165, 1.54) is 0 Å². The maximum absolute atomic E-state index is 12.6. The number of pyridine rings is 1. The van der Waals surface area contributed by atoms with Gasteiger partial charge in [0.05, 0.1) is 5.92 Å². The minimum absolute atomic E-state index is 0.00595. The maximum Gasteiger partial charge on any atom is 0.229 e. The minimum Gasteiger partial charge on any atom is -0.457 e. The predicted molar refractivity (Wildman–Crippen MR) is 109 cm³/mol. The van der Waals surface area contributed by atoms with Gasteiger partial charge in [0, 0.05) is 37.6 Å². The van der Waals surface area contributed by atoms with Crippen LogP contribution in [0.2, 0.25) is 0 Å². The van der Waals surface area contributed by atoms with E-state index in [1.807, 2.05) is 42.5 Å². The first-order chi connectivity index (χ1) is 14.2. The van der Waals surface area contributed by atoms with Crippen LogP contribution < -0.4 is 10.1 Å². The van der Waals surface area contributed by atoms with E-state index in [4.69, 9.17) is 4.74 Å². The van der Waals surface area contributed by atoms with Crippen LogP contribution in [0.4, 0.5) is 5.69 Å². The van der Waals surface area contributed by atoms with Crippen LogP contribution in [-0.4, -0.2) is 28.2 Å². The number of ether oxygens (including phenoxy) is 1. The highest BCUT2D eigenvalue weighted by molar-refractivity contribution is 5.97. The lowest BCUT2D eigenvalue weighted by Crippen LogP contribution is -2.28. The molecule has 0 spiro atoms. The summed E-state index contributed by atoms with van der Waals surface area (Å²) in [6, 6.07) is 20.4. The third-order valence-electron chi connectivity index (χ3n) is 4.81. The molecule has 2 aromatic carbocycles. The van der Waals surface area contributed by atoms with E-state index in [9.17, 15) is 9.59 Å². The molecular formula is C23H21N3O3. The van der Waals surface area contributed by atoms with E-state index in [-0.39, 0.29) is 24.2 Å². The van der Waals surface area contributed by atoms with Crippen molar-refractivity contribution in [1.82, 2.24) is 9.88 Å². The fraction of sp³-hybridized carbons (Fsp3) is 0.174. The highest BCUT2D eigenvalue weighted by Crippen LogP contribution is 2.25. The Bertz CT molecular complexity index is 975. The first kappa shape index (κ1) is 18.7. The Kier molecular flexibility index (Phi) is 5.52. The maximum atomic E-state index is 12.6. The molecule has 29 heavy (non-hydrogen) atoms. The van der Waals surface area contributed by atoms with Gasteiger partial charge in [-0.2, -0.15) is 0 Å². The Hall–Kier alpha value is -3.67. The summed E-state index contributed by atoms with van der Waals surface area (Å²) in [6.07, 6.45) is 3.63. The molecule has 1 unspecified atom stereocenters. The molecule has 4 rings (SSSR count). The molecule has 0 saturated carbocycles. The molecule has 0 aliphatic carbocycles. The molecule has 1 aliphatic heterocycles. The molecule has 3 aromatic rings. The Labute approximate surface area is 169 Å². The summed E-state index contributed by atoms with van der Waals surface area (Å²) in [5, 5.41) is 2.90. The topological polar surface area (TPSA) is 71.5 Å². The summed E-state index contributed by atoms with van der Waals surface area (Å²) in [5.41, 5.74) is 1.68. The lowest BCUT2D eigenvalue weighted by atomic mass is 10.1. The average Bonchev–Trinajstić information content (AvgIpc) is 3.11. The van der Waals surface area contributed by atoms with Crippen molar-refractivity contribution >= 4 is 17.5 Å². The molecule has 6 heteroatoms. The zero-order valence-corrected chi connectivity index (χ0v) is 15.8. The summed E-state index contributed by atoms with van der Waals surface area (Å²) in [6.45, 7) is 0.916. The molecule has 1 atom stereocenters. The van der Waals surface area contributed by atoms with Crippen molar-refractivity contribution in [3.8, 4) is 11.5 Å². The van der Waals surface area contributed by atoms with Crippen LogP contribution in [-0.2, 0) is 16.1 Å². The third kappa shape index (κ3) is 4.79. The van der Waals surface area contributed by atoms with Crippen LogP contribution in [0.15, 0.2) is 79.1 Å². The SMILES string of the molecule is O=C(Nc1ccc(Oc2ccccc2)cc1)C1CC(=O)N(Cc2ccncc2)C1. The molecule has 1 aliphatic rings. The van der Waals surface area contributed by atoms with Gasteiger partial charge in [-0.25, -0.2) is 0 Å². The van der Waals surface area contributed by atoms with Crippen molar-refractivity contribution in [2.75, 3.05) is 11.9 Å². The summed E-state index contributed by atoms with van der Waals surface area (Å²) >= 11 is 0. The Morgan fingerprint density at radius 1 is 1.00 bits per heavy atom. The number of nitrogens with one attached hydrogen (secondary N) is 1. The number of anilines is 1. The number of hydrogen-bond acceptors (Lipinski definition) is 4. The first-order valence-electron chi connectivity index (χ1n) is 9.48. The fourth-order valence-corrected chi connectivity index (χ4v) is 3.28. The smallest absolute Gasteiger partial charge is 0.229 e. The molecule has 1 fully saturated rings. The number of nitrogens with zero attached hydrogens (tertiary/aromatic N) is 2. The average molecular weight is 387 g/mol. The number of benzene rings is 2. The number of rotatable bonds is 6. The monoisotopic (exact) mass is 387 g/mol. The van der Waals surface area contributed by atoms with Gasteiger partial charge < -0.3 is 15.0 Å². The highest BCUT2D eigenvalue weighted by atomic mass is 16.5. The quantitative estimate of drug-likeness (QED) is 0.697. The number of hydrogen-bond donors (Lipinski definition) is 1. The third-order valence-corrected chi connectivity index (χ3v) is 4.81. The Morgan fingerprint density at radius 2 is 1.69 bits per heavy atom. The normalized spacial score (nSPS) is 15.9. The molecule has 146 valence electrons. The number of para-hydroxylation sites is 1. The van der Waals surface area contributed by atoms with Crippen molar-refractivity contribution in [3.63, 3.8) is 0 Å². The van der Waals surface area contributed by atoms with Gasteiger partial charge in [-0.05, 0) is 54.1 Å². The lowest BCUT2D eigenvalue weighted by Gasteiger charge is -2.16. The van der Waals surface area contributed by atoms with E-state index < -0.39 is 0 Å². The molecule has 2 heterocycles. The molecule has 1 saturated heterocycles. The van der Waals surface area contributed by atoms with Crippen molar-refractivity contribution in [1.29, 1.82) is 0 Å². The van der Waals surface area contributed by atoms with E-state index in [0.717, 1.165) is 11.3 Å². The largest absolute Gasteiger partial charge is 0.457 e. The zero-order valence-electron chi connectivity index (χ0n) is 15.8. The number of likely N-dealkylation sites (tertiary alicyclic amines) is 1. The number of carbonyl (C=O) groups is 2. The zero-order chi connectivity index (χ0) is 20.1. The minimum atomic E-state index is -0.357. The van der Waals surface area contributed by atoms with Crippen LogP contribution in [0.5, 0.6) is 11.5 Å². The van der Waals surface area contributed by atoms with Gasteiger partial charge in [-0.3, -0.25) is 14.6 Å². The van der Waals surface area contributed by atoms with Crippen molar-refractivity contribution in [2.45, 2.75) is 13.0 Å². The van der Waals surface area contributed by atoms with Crippen molar-refractivity contribution < 1.29 is 14.3 Å². The molecule has 0 radical (unpaired) electrons. The van der Waals surface area contributed by atoms with Crippen LogP contribution >= 0.6 is 0 Å². The summed E-state index contributed by atoms with van der Waals surface area (Å²) in [5.74, 6) is 0.933. The Balaban J connectivity index is 1.33. The van der Waals surface area contributed by atoms with Crippen LogP contribution in [0, 0.1) is 5.92 Å². The first-order valence-corrected chi connectivity index (χ1v) is 9.48.